The molecule has 0 amide bonds. The molecule has 178 valence electrons. The molecule has 1 aliphatic heterocycles. The first-order valence-corrected chi connectivity index (χ1v) is 12.2. The summed E-state index contributed by atoms with van der Waals surface area (Å²) in [5.74, 6) is 0.919. The van der Waals surface area contributed by atoms with Crippen molar-refractivity contribution in [2.45, 2.75) is 53.6 Å². The molecule has 0 N–H and O–H groups in total. The van der Waals surface area contributed by atoms with Crippen molar-refractivity contribution >= 4 is 17.6 Å². The molecular formula is C32H33NO2. The molecule has 0 saturated carbocycles. The van der Waals surface area contributed by atoms with Gasteiger partial charge in [-0.05, 0) is 108 Å². The molecule has 3 aromatic rings. The number of fused-ring (bicyclic) bond motifs is 6. The Morgan fingerprint density at radius 2 is 1.74 bits per heavy atom. The normalized spacial score (nSPS) is 16.9. The average molecular weight is 464 g/mol. The third kappa shape index (κ3) is 5.51. The number of nitrogens with zero attached hydrogens (tertiary/aromatic N) is 1. The SMILES string of the molecule is CCC=N/C=C(\C)C1c2ccc(C)c(c2)OCc2cccc(c2)/C(=C/C(C)=O)c2cc1ccc2C. The van der Waals surface area contributed by atoms with Gasteiger partial charge in [0, 0.05) is 18.3 Å². The zero-order valence-electron chi connectivity index (χ0n) is 21.3. The lowest BCUT2D eigenvalue weighted by molar-refractivity contribution is -0.112. The van der Waals surface area contributed by atoms with Crippen molar-refractivity contribution in [3.63, 3.8) is 0 Å². The van der Waals surface area contributed by atoms with Crippen molar-refractivity contribution in [1.82, 2.24) is 0 Å². The van der Waals surface area contributed by atoms with Crippen molar-refractivity contribution in [2.24, 2.45) is 4.99 Å². The second-order valence-corrected chi connectivity index (χ2v) is 9.30. The maximum absolute atomic E-state index is 12.3. The minimum atomic E-state index is 0.00810. The van der Waals surface area contributed by atoms with Crippen molar-refractivity contribution in [3.8, 4) is 5.75 Å². The smallest absolute Gasteiger partial charge is 0.153 e. The highest BCUT2D eigenvalue weighted by molar-refractivity contribution is 5.99. The molecule has 1 atom stereocenters. The molecule has 1 aliphatic rings. The van der Waals surface area contributed by atoms with Crippen LogP contribution in [-0.2, 0) is 11.4 Å². The first-order chi connectivity index (χ1) is 16.9. The highest BCUT2D eigenvalue weighted by Crippen LogP contribution is 2.38. The molecule has 35 heavy (non-hydrogen) atoms. The number of ketones is 1. The molecular weight excluding hydrogens is 430 g/mol. The van der Waals surface area contributed by atoms with Crippen molar-refractivity contribution in [2.75, 3.05) is 0 Å². The highest BCUT2D eigenvalue weighted by Gasteiger charge is 2.21. The summed E-state index contributed by atoms with van der Waals surface area (Å²) in [5.41, 5.74) is 9.78. The lowest BCUT2D eigenvalue weighted by Crippen LogP contribution is -2.06. The van der Waals surface area contributed by atoms with Crippen molar-refractivity contribution in [3.05, 3.63) is 117 Å². The number of carbonyl (C=O) groups is 1. The molecule has 1 unspecified atom stereocenters. The van der Waals surface area contributed by atoms with Crippen LogP contribution < -0.4 is 4.74 Å². The maximum atomic E-state index is 12.3. The number of benzene rings is 3. The Hall–Kier alpha value is -3.72. The van der Waals surface area contributed by atoms with Gasteiger partial charge in [-0.1, -0.05) is 49.4 Å². The summed E-state index contributed by atoms with van der Waals surface area (Å²) in [6.45, 7) is 10.5. The van der Waals surface area contributed by atoms with Gasteiger partial charge < -0.3 is 4.74 Å². The number of ether oxygens (including phenoxy) is 1. The molecule has 0 spiro atoms. The monoisotopic (exact) mass is 463 g/mol. The third-order valence-corrected chi connectivity index (χ3v) is 6.43. The van der Waals surface area contributed by atoms with Gasteiger partial charge in [-0.25, -0.2) is 0 Å². The second kappa shape index (κ2) is 10.7. The number of allylic oxidation sites excluding steroid dienone is 2. The van der Waals surface area contributed by atoms with E-state index in [2.05, 4.69) is 87.3 Å². The molecule has 0 radical (unpaired) electrons. The van der Waals surface area contributed by atoms with Gasteiger partial charge >= 0.3 is 0 Å². The van der Waals surface area contributed by atoms with E-state index in [1.165, 1.54) is 0 Å². The van der Waals surface area contributed by atoms with Gasteiger partial charge in [0.05, 0.1) is 0 Å². The van der Waals surface area contributed by atoms with Crippen LogP contribution in [0, 0.1) is 13.8 Å². The summed E-state index contributed by atoms with van der Waals surface area (Å²) < 4.78 is 6.32. The lowest BCUT2D eigenvalue weighted by atomic mass is 9.82. The quantitative estimate of drug-likeness (QED) is 0.293. The maximum Gasteiger partial charge on any atom is 0.153 e. The number of hydrogen-bond donors (Lipinski definition) is 0. The Morgan fingerprint density at radius 3 is 2.49 bits per heavy atom. The summed E-state index contributed by atoms with van der Waals surface area (Å²) in [7, 11) is 0. The second-order valence-electron chi connectivity index (χ2n) is 9.30. The van der Waals surface area contributed by atoms with Crippen LogP contribution in [0.15, 0.2) is 83.5 Å². The number of carbonyl (C=O) groups excluding carboxylic acids is 1. The van der Waals surface area contributed by atoms with Gasteiger partial charge in [-0.15, -0.1) is 0 Å². The molecule has 0 saturated heterocycles. The summed E-state index contributed by atoms with van der Waals surface area (Å²) in [5, 5.41) is 0. The standard InChI is InChI=1S/C32H33NO2/c1-6-14-33-19-23(4)32-27-12-10-21(2)29(17-27)30(15-24(5)34)26-9-7-8-25(16-26)20-35-31-18-28(32)13-11-22(31)3/h7-19,32H,6,20H2,1-5H3/b23-19+,30-15-,33-14?. The molecule has 3 nitrogen and oxygen atoms in total. The van der Waals surface area contributed by atoms with E-state index in [9.17, 15) is 4.79 Å². The molecule has 1 heterocycles. The third-order valence-electron chi connectivity index (χ3n) is 6.43. The number of rotatable bonds is 4. The van der Waals surface area contributed by atoms with E-state index < -0.39 is 0 Å². The van der Waals surface area contributed by atoms with Crippen molar-refractivity contribution < 1.29 is 9.53 Å². The first-order valence-electron chi connectivity index (χ1n) is 12.2. The summed E-state index contributed by atoms with van der Waals surface area (Å²) in [4.78, 5) is 16.8. The molecule has 3 heteroatoms. The number of aryl methyl sites for hydroxylation is 2. The van der Waals surface area contributed by atoms with Crippen LogP contribution in [0.25, 0.3) is 5.57 Å². The fourth-order valence-corrected chi connectivity index (χ4v) is 4.64. The van der Waals surface area contributed by atoms with Crippen LogP contribution in [0.1, 0.15) is 72.1 Å². The van der Waals surface area contributed by atoms with E-state index in [0.29, 0.717) is 6.61 Å². The van der Waals surface area contributed by atoms with E-state index >= 15 is 0 Å². The van der Waals surface area contributed by atoms with Crippen LogP contribution in [-0.4, -0.2) is 12.0 Å². The predicted octanol–water partition coefficient (Wildman–Crippen LogP) is 7.73. The largest absolute Gasteiger partial charge is 0.489 e. The van der Waals surface area contributed by atoms with E-state index in [4.69, 9.17) is 4.74 Å². The number of aliphatic imine (C=N–C) groups is 1. The zero-order valence-corrected chi connectivity index (χ0v) is 21.3. The van der Waals surface area contributed by atoms with E-state index in [1.54, 1.807) is 13.0 Å². The van der Waals surface area contributed by atoms with Crippen LogP contribution in [0.3, 0.4) is 0 Å². The Labute approximate surface area is 208 Å². The predicted molar refractivity (Wildman–Crippen MR) is 145 cm³/mol. The van der Waals surface area contributed by atoms with Gasteiger partial charge in [0.15, 0.2) is 5.78 Å². The molecule has 0 aromatic heterocycles. The average Bonchev–Trinajstić information content (AvgIpc) is 2.84. The van der Waals surface area contributed by atoms with E-state index in [1.807, 2.05) is 18.5 Å². The Balaban J connectivity index is 2.02. The van der Waals surface area contributed by atoms with Crippen LogP contribution >= 0.6 is 0 Å². The van der Waals surface area contributed by atoms with Gasteiger partial charge in [-0.3, -0.25) is 9.79 Å². The van der Waals surface area contributed by atoms with Crippen molar-refractivity contribution in [1.29, 1.82) is 0 Å². The van der Waals surface area contributed by atoms with Gasteiger partial charge in [0.25, 0.3) is 0 Å². The Kier molecular flexibility index (Phi) is 7.45. The molecule has 0 fully saturated rings. The molecule has 4 rings (SSSR count). The minimum absolute atomic E-state index is 0.00810. The fourth-order valence-electron chi connectivity index (χ4n) is 4.64. The van der Waals surface area contributed by atoms with Crippen LogP contribution in [0.2, 0.25) is 0 Å². The molecule has 3 aromatic carbocycles. The fraction of sp³-hybridized carbons (Fsp3) is 0.250. The van der Waals surface area contributed by atoms with Gasteiger partial charge in [0.2, 0.25) is 0 Å². The zero-order chi connectivity index (χ0) is 24.9. The first kappa shape index (κ1) is 24.4. The van der Waals surface area contributed by atoms with E-state index in [0.717, 1.165) is 62.3 Å². The summed E-state index contributed by atoms with van der Waals surface area (Å²) in [6, 6.07) is 21.3. The minimum Gasteiger partial charge on any atom is -0.489 e. The summed E-state index contributed by atoms with van der Waals surface area (Å²) >= 11 is 0. The lowest BCUT2D eigenvalue weighted by Gasteiger charge is -2.22. The molecule has 6 bridgehead atoms. The Bertz CT molecular complexity index is 1340. The van der Waals surface area contributed by atoms with Crippen LogP contribution in [0.4, 0.5) is 0 Å². The van der Waals surface area contributed by atoms with Gasteiger partial charge in [-0.2, -0.15) is 0 Å². The number of hydrogen-bond acceptors (Lipinski definition) is 3. The van der Waals surface area contributed by atoms with Crippen LogP contribution in [0.5, 0.6) is 5.75 Å². The summed E-state index contributed by atoms with van der Waals surface area (Å²) in [6.07, 6.45) is 6.53. The molecule has 0 aliphatic carbocycles. The highest BCUT2D eigenvalue weighted by atomic mass is 16.5. The Morgan fingerprint density at radius 1 is 1.00 bits per heavy atom. The van der Waals surface area contributed by atoms with E-state index in [-0.39, 0.29) is 11.7 Å². The van der Waals surface area contributed by atoms with Gasteiger partial charge in [0.1, 0.15) is 12.4 Å². The topological polar surface area (TPSA) is 38.7 Å².